The number of amides is 1. The van der Waals surface area contributed by atoms with Crippen molar-refractivity contribution < 1.29 is 23.1 Å². The number of carbonyl (C=O) groups is 2. The summed E-state index contributed by atoms with van der Waals surface area (Å²) in [5, 5.41) is 11.0. The van der Waals surface area contributed by atoms with Crippen molar-refractivity contribution in [3.8, 4) is 6.07 Å². The summed E-state index contributed by atoms with van der Waals surface area (Å²) in [6, 6.07) is 3.13. The van der Waals surface area contributed by atoms with Crippen molar-refractivity contribution in [1.29, 1.82) is 5.26 Å². The highest BCUT2D eigenvalue weighted by Crippen LogP contribution is 2.12. The van der Waals surface area contributed by atoms with Crippen molar-refractivity contribution in [3.63, 3.8) is 0 Å². The lowest BCUT2D eigenvalue weighted by Crippen LogP contribution is -2.45. The van der Waals surface area contributed by atoms with E-state index in [2.05, 4.69) is 10.1 Å². The summed E-state index contributed by atoms with van der Waals surface area (Å²) in [5.74, 6) is -3.87. The Kier molecular flexibility index (Phi) is 5.79. The largest absolute Gasteiger partial charge is 0.467 e. The van der Waals surface area contributed by atoms with E-state index in [9.17, 15) is 18.4 Å². The second kappa shape index (κ2) is 7.33. The number of hydrogen-bond donors (Lipinski definition) is 1. The molecule has 0 radical (unpaired) electrons. The first kappa shape index (κ1) is 16.6. The summed E-state index contributed by atoms with van der Waals surface area (Å²) in [6.07, 6.45) is 0.0115. The highest BCUT2D eigenvalue weighted by molar-refractivity contribution is 5.96. The van der Waals surface area contributed by atoms with Crippen LogP contribution in [0.2, 0.25) is 0 Å². The van der Waals surface area contributed by atoms with Crippen LogP contribution in [0, 0.1) is 28.9 Å². The molecule has 5 nitrogen and oxygen atoms in total. The number of ether oxygens (including phenoxy) is 1. The monoisotopic (exact) mass is 296 g/mol. The molecule has 7 heteroatoms. The number of methoxy groups -OCH3 is 1. The first-order chi connectivity index (χ1) is 9.88. The molecule has 0 saturated carbocycles. The number of carbonyl (C=O) groups excluding carboxylic acids is 2. The molecule has 1 amide bonds. The van der Waals surface area contributed by atoms with E-state index >= 15 is 0 Å². The van der Waals surface area contributed by atoms with Crippen LogP contribution in [0.5, 0.6) is 0 Å². The van der Waals surface area contributed by atoms with Crippen LogP contribution in [0.1, 0.15) is 23.7 Å². The summed E-state index contributed by atoms with van der Waals surface area (Å²) in [4.78, 5) is 23.6. The molecule has 0 aromatic heterocycles. The van der Waals surface area contributed by atoms with Gasteiger partial charge >= 0.3 is 5.97 Å². The molecule has 21 heavy (non-hydrogen) atoms. The highest BCUT2D eigenvalue weighted by atomic mass is 19.1. The second-order valence-electron chi connectivity index (χ2n) is 4.47. The molecule has 2 atom stereocenters. The fraction of sp³-hybridized carbons (Fsp3) is 0.357. The quantitative estimate of drug-likeness (QED) is 0.840. The van der Waals surface area contributed by atoms with E-state index in [0.29, 0.717) is 6.07 Å². The number of esters is 1. The van der Waals surface area contributed by atoms with Crippen molar-refractivity contribution >= 4 is 11.9 Å². The molecule has 0 fully saturated rings. The predicted molar refractivity (Wildman–Crippen MR) is 69.0 cm³/mol. The van der Waals surface area contributed by atoms with E-state index in [1.807, 2.05) is 6.07 Å². The Hall–Kier alpha value is -2.49. The van der Waals surface area contributed by atoms with Crippen LogP contribution in [0.25, 0.3) is 0 Å². The summed E-state index contributed by atoms with van der Waals surface area (Å²) >= 11 is 0. The first-order valence-corrected chi connectivity index (χ1v) is 6.10. The molecule has 0 aliphatic carbocycles. The Morgan fingerprint density at radius 1 is 1.33 bits per heavy atom. The maximum absolute atomic E-state index is 13.1. The molecule has 1 rings (SSSR count). The summed E-state index contributed by atoms with van der Waals surface area (Å²) in [5.41, 5.74) is -0.259. The minimum Gasteiger partial charge on any atom is -0.467 e. The molecule has 0 bridgehead atoms. The summed E-state index contributed by atoms with van der Waals surface area (Å²) in [7, 11) is 1.14. The maximum atomic E-state index is 13.1. The zero-order valence-corrected chi connectivity index (χ0v) is 11.5. The summed E-state index contributed by atoms with van der Waals surface area (Å²) in [6.45, 7) is 1.58. The molecule has 112 valence electrons. The predicted octanol–water partition coefficient (Wildman–Crippen LogP) is 1.79. The number of rotatable bonds is 5. The van der Waals surface area contributed by atoms with Gasteiger partial charge in [-0.15, -0.1) is 0 Å². The van der Waals surface area contributed by atoms with Crippen LogP contribution in [0.4, 0.5) is 8.78 Å². The standard InChI is InChI=1S/C14H14F2N2O3/c1-8(3-4-17)12(14(20)21-2)18-13(19)9-5-10(15)7-11(16)6-9/h5-8,12H,3H2,1-2H3,(H,18,19)/t8-,12+/m0/s1. The van der Waals surface area contributed by atoms with Crippen molar-refractivity contribution in [2.45, 2.75) is 19.4 Å². The van der Waals surface area contributed by atoms with Crippen LogP contribution in [0.3, 0.4) is 0 Å². The van der Waals surface area contributed by atoms with E-state index in [1.165, 1.54) is 0 Å². The van der Waals surface area contributed by atoms with Gasteiger partial charge in [0.05, 0.1) is 13.2 Å². The van der Waals surface area contributed by atoms with Gasteiger partial charge in [-0.3, -0.25) is 4.79 Å². The van der Waals surface area contributed by atoms with Crippen molar-refractivity contribution in [2.75, 3.05) is 7.11 Å². The van der Waals surface area contributed by atoms with E-state index in [4.69, 9.17) is 5.26 Å². The molecule has 0 spiro atoms. The number of nitriles is 1. The highest BCUT2D eigenvalue weighted by Gasteiger charge is 2.28. The molecule has 0 aliphatic heterocycles. The van der Waals surface area contributed by atoms with Gasteiger partial charge in [-0.05, 0) is 12.1 Å². The average molecular weight is 296 g/mol. The molecule has 0 saturated heterocycles. The SMILES string of the molecule is COC(=O)[C@H](NC(=O)c1cc(F)cc(F)c1)[C@@H](C)CC#N. The Morgan fingerprint density at radius 2 is 1.90 bits per heavy atom. The van der Waals surface area contributed by atoms with Crippen LogP contribution in [-0.4, -0.2) is 25.0 Å². The van der Waals surface area contributed by atoms with Crippen LogP contribution < -0.4 is 5.32 Å². The van der Waals surface area contributed by atoms with Gasteiger partial charge in [-0.25, -0.2) is 13.6 Å². The number of nitrogens with one attached hydrogen (secondary N) is 1. The third kappa shape index (κ3) is 4.53. The fourth-order valence-electron chi connectivity index (χ4n) is 1.73. The van der Waals surface area contributed by atoms with Crippen molar-refractivity contribution in [3.05, 3.63) is 35.4 Å². The summed E-state index contributed by atoms with van der Waals surface area (Å²) < 4.78 is 30.7. The fourth-order valence-corrected chi connectivity index (χ4v) is 1.73. The van der Waals surface area contributed by atoms with E-state index in [-0.39, 0.29) is 12.0 Å². The van der Waals surface area contributed by atoms with Crippen molar-refractivity contribution in [1.82, 2.24) is 5.32 Å². The molecule has 0 aliphatic rings. The normalized spacial score (nSPS) is 12.9. The Balaban J connectivity index is 2.95. The molecule has 1 aromatic rings. The minimum atomic E-state index is -1.08. The third-order valence-corrected chi connectivity index (χ3v) is 2.85. The molecule has 1 N–H and O–H groups in total. The van der Waals surface area contributed by atoms with Gasteiger partial charge in [0.15, 0.2) is 0 Å². The van der Waals surface area contributed by atoms with E-state index in [1.54, 1.807) is 6.92 Å². The number of nitrogens with zero attached hydrogens (tertiary/aromatic N) is 1. The molecule has 1 aromatic carbocycles. The number of halogens is 2. The first-order valence-electron chi connectivity index (χ1n) is 6.10. The van der Waals surface area contributed by atoms with Gasteiger partial charge in [0, 0.05) is 24.0 Å². The third-order valence-electron chi connectivity index (χ3n) is 2.85. The lowest BCUT2D eigenvalue weighted by Gasteiger charge is -2.21. The molecular weight excluding hydrogens is 282 g/mol. The zero-order chi connectivity index (χ0) is 16.0. The van der Waals surface area contributed by atoms with E-state index < -0.39 is 35.5 Å². The van der Waals surface area contributed by atoms with Gasteiger partial charge < -0.3 is 10.1 Å². The topological polar surface area (TPSA) is 79.2 Å². The second-order valence-corrected chi connectivity index (χ2v) is 4.47. The van der Waals surface area contributed by atoms with Crippen LogP contribution in [-0.2, 0) is 9.53 Å². The molecule has 0 unspecified atom stereocenters. The lowest BCUT2D eigenvalue weighted by molar-refractivity contribution is -0.144. The average Bonchev–Trinajstić information content (AvgIpc) is 2.42. The minimum absolute atomic E-state index is 0.0115. The maximum Gasteiger partial charge on any atom is 0.328 e. The van der Waals surface area contributed by atoms with Gasteiger partial charge in [-0.2, -0.15) is 5.26 Å². The van der Waals surface area contributed by atoms with Crippen LogP contribution in [0.15, 0.2) is 18.2 Å². The molecular formula is C14H14F2N2O3. The van der Waals surface area contributed by atoms with Gasteiger partial charge in [0.2, 0.25) is 0 Å². The van der Waals surface area contributed by atoms with Crippen molar-refractivity contribution in [2.24, 2.45) is 5.92 Å². The number of benzene rings is 1. The molecule has 0 heterocycles. The smallest absolute Gasteiger partial charge is 0.328 e. The number of hydrogen-bond acceptors (Lipinski definition) is 4. The Labute approximate surface area is 120 Å². The zero-order valence-electron chi connectivity index (χ0n) is 11.5. The van der Waals surface area contributed by atoms with Gasteiger partial charge in [-0.1, -0.05) is 6.92 Å². The lowest BCUT2D eigenvalue weighted by atomic mass is 9.98. The van der Waals surface area contributed by atoms with E-state index in [0.717, 1.165) is 19.2 Å². The Morgan fingerprint density at radius 3 is 2.38 bits per heavy atom. The van der Waals surface area contributed by atoms with Gasteiger partial charge in [0.1, 0.15) is 17.7 Å². The Bertz CT molecular complexity index is 564. The van der Waals surface area contributed by atoms with Gasteiger partial charge in [0.25, 0.3) is 5.91 Å². The van der Waals surface area contributed by atoms with Crippen LogP contribution >= 0.6 is 0 Å².